The van der Waals surface area contributed by atoms with Gasteiger partial charge >= 0.3 is 0 Å². The molecule has 0 unspecified atom stereocenters. The summed E-state index contributed by atoms with van der Waals surface area (Å²) in [6.45, 7) is 6.92. The van der Waals surface area contributed by atoms with Gasteiger partial charge in [0.25, 0.3) is 0 Å². The van der Waals surface area contributed by atoms with Gasteiger partial charge in [-0.05, 0) is 55.3 Å². The summed E-state index contributed by atoms with van der Waals surface area (Å²) in [5, 5.41) is 0. The van der Waals surface area contributed by atoms with Crippen molar-refractivity contribution < 1.29 is 0 Å². The lowest BCUT2D eigenvalue weighted by Crippen LogP contribution is -2.42. The Kier molecular flexibility index (Phi) is 3.74. The van der Waals surface area contributed by atoms with E-state index in [-0.39, 0.29) is 0 Å². The molecule has 0 heterocycles. The minimum absolute atomic E-state index is 0.649. The number of hydrogen-bond donors (Lipinski definition) is 0. The standard InChI is InChI=1S/C18H25N/c1-3-19(4-2)18-16-11-10-14(12-16)13-17(18)15-8-6-5-7-9-15/h5-9,13-14,16,18H,3-4,10-12H2,1-2H3/t14-,16-,18-/m0/s1. The van der Waals surface area contributed by atoms with Crippen LogP contribution in [-0.4, -0.2) is 24.0 Å². The van der Waals surface area contributed by atoms with Crippen molar-refractivity contribution in [3.8, 4) is 0 Å². The number of likely N-dealkylation sites (N-methyl/N-ethyl adjacent to an activating group) is 1. The summed E-state index contributed by atoms with van der Waals surface area (Å²) in [5.41, 5.74) is 3.04. The molecular formula is C18H25N. The number of allylic oxidation sites excluding steroid dienone is 1. The van der Waals surface area contributed by atoms with Gasteiger partial charge in [-0.25, -0.2) is 0 Å². The Morgan fingerprint density at radius 1 is 1.05 bits per heavy atom. The van der Waals surface area contributed by atoms with Crippen molar-refractivity contribution >= 4 is 5.57 Å². The maximum atomic E-state index is 2.66. The number of benzene rings is 1. The van der Waals surface area contributed by atoms with Gasteiger partial charge in [-0.2, -0.15) is 0 Å². The van der Waals surface area contributed by atoms with Gasteiger partial charge in [-0.15, -0.1) is 0 Å². The molecule has 1 saturated carbocycles. The number of fused-ring (bicyclic) bond motifs is 2. The monoisotopic (exact) mass is 255 g/mol. The van der Waals surface area contributed by atoms with Crippen molar-refractivity contribution in [1.82, 2.24) is 4.90 Å². The Balaban J connectivity index is 1.99. The first-order valence-corrected chi connectivity index (χ1v) is 7.84. The normalized spacial score (nSPS) is 29.6. The molecule has 19 heavy (non-hydrogen) atoms. The first kappa shape index (κ1) is 12.9. The van der Waals surface area contributed by atoms with Crippen molar-refractivity contribution in [2.45, 2.75) is 39.2 Å². The highest BCUT2D eigenvalue weighted by Gasteiger charge is 2.39. The van der Waals surface area contributed by atoms with Crippen LogP contribution in [0.4, 0.5) is 0 Å². The molecule has 3 atom stereocenters. The lowest BCUT2D eigenvalue weighted by Gasteiger charge is -2.38. The van der Waals surface area contributed by atoms with E-state index in [1.807, 2.05) is 0 Å². The molecule has 0 saturated heterocycles. The largest absolute Gasteiger partial charge is 0.297 e. The molecule has 102 valence electrons. The second kappa shape index (κ2) is 5.50. The summed E-state index contributed by atoms with van der Waals surface area (Å²) in [5.74, 6) is 1.72. The molecule has 0 aromatic heterocycles. The average Bonchev–Trinajstić information content (AvgIpc) is 2.85. The van der Waals surface area contributed by atoms with Gasteiger partial charge in [0.2, 0.25) is 0 Å². The Morgan fingerprint density at radius 2 is 1.79 bits per heavy atom. The smallest absolute Gasteiger partial charge is 0.0379 e. The summed E-state index contributed by atoms with van der Waals surface area (Å²) >= 11 is 0. The fourth-order valence-corrected chi connectivity index (χ4v) is 4.11. The van der Waals surface area contributed by atoms with Crippen LogP contribution in [0.15, 0.2) is 36.4 Å². The van der Waals surface area contributed by atoms with Crippen molar-refractivity contribution in [2.24, 2.45) is 11.8 Å². The first-order valence-electron chi connectivity index (χ1n) is 7.84. The molecule has 0 radical (unpaired) electrons. The quantitative estimate of drug-likeness (QED) is 0.779. The van der Waals surface area contributed by atoms with Crippen molar-refractivity contribution in [3.05, 3.63) is 42.0 Å². The summed E-state index contributed by atoms with van der Waals surface area (Å²) in [6, 6.07) is 11.7. The highest BCUT2D eigenvalue weighted by molar-refractivity contribution is 5.71. The second-order valence-electron chi connectivity index (χ2n) is 5.99. The predicted molar refractivity (Wildman–Crippen MR) is 82.0 cm³/mol. The minimum atomic E-state index is 0.649. The van der Waals surface area contributed by atoms with Crippen LogP contribution in [0, 0.1) is 11.8 Å². The van der Waals surface area contributed by atoms with E-state index in [1.54, 1.807) is 5.57 Å². The van der Waals surface area contributed by atoms with E-state index in [4.69, 9.17) is 0 Å². The molecule has 0 spiro atoms. The van der Waals surface area contributed by atoms with Crippen LogP contribution < -0.4 is 0 Å². The van der Waals surface area contributed by atoms with Gasteiger partial charge in [-0.1, -0.05) is 50.3 Å². The fourth-order valence-electron chi connectivity index (χ4n) is 4.11. The van der Waals surface area contributed by atoms with E-state index >= 15 is 0 Å². The van der Waals surface area contributed by atoms with Gasteiger partial charge in [-0.3, -0.25) is 4.90 Å². The van der Waals surface area contributed by atoms with E-state index in [1.165, 1.54) is 24.8 Å². The molecular weight excluding hydrogens is 230 g/mol. The van der Waals surface area contributed by atoms with E-state index in [0.29, 0.717) is 6.04 Å². The third kappa shape index (κ3) is 2.36. The molecule has 0 aliphatic heterocycles. The summed E-state index contributed by atoms with van der Waals surface area (Å²) in [6.07, 6.45) is 6.82. The number of hydrogen-bond acceptors (Lipinski definition) is 1. The van der Waals surface area contributed by atoms with E-state index in [0.717, 1.165) is 24.9 Å². The summed E-state index contributed by atoms with van der Waals surface area (Å²) in [7, 11) is 0. The Morgan fingerprint density at radius 3 is 2.47 bits per heavy atom. The molecule has 0 N–H and O–H groups in total. The van der Waals surface area contributed by atoms with Gasteiger partial charge in [0, 0.05) is 6.04 Å². The lowest BCUT2D eigenvalue weighted by atomic mass is 9.80. The maximum absolute atomic E-state index is 2.66. The van der Waals surface area contributed by atoms with Crippen molar-refractivity contribution in [2.75, 3.05) is 13.1 Å². The highest BCUT2D eigenvalue weighted by atomic mass is 15.2. The molecule has 1 heteroatoms. The molecule has 2 aliphatic rings. The maximum Gasteiger partial charge on any atom is 0.0379 e. The van der Waals surface area contributed by atoms with E-state index < -0.39 is 0 Å². The van der Waals surface area contributed by atoms with E-state index in [9.17, 15) is 0 Å². The molecule has 3 rings (SSSR count). The average molecular weight is 255 g/mol. The van der Waals surface area contributed by atoms with Gasteiger partial charge in [0.15, 0.2) is 0 Å². The Bertz CT molecular complexity index is 444. The number of rotatable bonds is 4. The fraction of sp³-hybridized carbons (Fsp3) is 0.556. The SMILES string of the molecule is CCN(CC)[C@@H]1C(c2ccccc2)=C[C@H]2CC[C@H]1C2. The topological polar surface area (TPSA) is 3.24 Å². The predicted octanol–water partition coefficient (Wildman–Crippen LogP) is 4.21. The van der Waals surface area contributed by atoms with Crippen LogP contribution in [0.2, 0.25) is 0 Å². The zero-order valence-electron chi connectivity index (χ0n) is 12.2. The summed E-state index contributed by atoms with van der Waals surface area (Å²) < 4.78 is 0. The third-order valence-electron chi connectivity index (χ3n) is 5.01. The van der Waals surface area contributed by atoms with Crippen LogP contribution in [0.25, 0.3) is 5.57 Å². The molecule has 1 aromatic rings. The molecule has 2 bridgehead atoms. The highest BCUT2D eigenvalue weighted by Crippen LogP contribution is 2.46. The lowest BCUT2D eigenvalue weighted by molar-refractivity contribution is 0.196. The second-order valence-corrected chi connectivity index (χ2v) is 5.99. The van der Waals surface area contributed by atoms with Crippen LogP contribution in [0.5, 0.6) is 0 Å². The molecule has 0 amide bonds. The Labute approximate surface area is 117 Å². The van der Waals surface area contributed by atoms with Gasteiger partial charge < -0.3 is 0 Å². The zero-order valence-corrected chi connectivity index (χ0v) is 12.2. The third-order valence-corrected chi connectivity index (χ3v) is 5.01. The van der Waals surface area contributed by atoms with Crippen LogP contribution in [0.3, 0.4) is 0 Å². The molecule has 1 aromatic carbocycles. The molecule has 2 aliphatic carbocycles. The van der Waals surface area contributed by atoms with Gasteiger partial charge in [0.1, 0.15) is 0 Å². The van der Waals surface area contributed by atoms with Crippen molar-refractivity contribution in [3.63, 3.8) is 0 Å². The van der Waals surface area contributed by atoms with E-state index in [2.05, 4.69) is 55.2 Å². The molecule has 1 nitrogen and oxygen atoms in total. The Hall–Kier alpha value is -1.08. The molecule has 1 fully saturated rings. The van der Waals surface area contributed by atoms with Crippen LogP contribution in [-0.2, 0) is 0 Å². The minimum Gasteiger partial charge on any atom is -0.297 e. The first-order chi connectivity index (χ1) is 9.33. The summed E-state index contributed by atoms with van der Waals surface area (Å²) in [4.78, 5) is 2.66. The zero-order chi connectivity index (χ0) is 13.2. The van der Waals surface area contributed by atoms with Crippen LogP contribution in [0.1, 0.15) is 38.7 Å². The van der Waals surface area contributed by atoms with Gasteiger partial charge in [0.05, 0.1) is 0 Å². The van der Waals surface area contributed by atoms with Crippen LogP contribution >= 0.6 is 0 Å². The van der Waals surface area contributed by atoms with Crippen molar-refractivity contribution in [1.29, 1.82) is 0 Å². The number of nitrogens with zero attached hydrogens (tertiary/aromatic N) is 1.